The predicted molar refractivity (Wildman–Crippen MR) is 126 cm³/mol. The van der Waals surface area contributed by atoms with E-state index >= 15 is 0 Å². The zero-order chi connectivity index (χ0) is 20.6. The standard InChI is InChI=1S/C26H40N4/c1-2-21-8-6-7-9-22-14-16-27-17-15-24(22)26(21)29-19-20-12-13-25(28-18-20)30-23-10-4-3-5-11-23/h8,12-13,18,22-23,27,29H,2-7,9-11,14-17,19H2,1H3,(H,28,30). The Kier molecular flexibility index (Phi) is 7.85. The lowest BCUT2D eigenvalue weighted by Gasteiger charge is -2.26. The third-order valence-corrected chi connectivity index (χ3v) is 7.16. The van der Waals surface area contributed by atoms with Crippen LogP contribution in [0.3, 0.4) is 0 Å². The maximum atomic E-state index is 4.71. The van der Waals surface area contributed by atoms with Crippen molar-refractivity contribution < 1.29 is 0 Å². The molecule has 3 aliphatic rings. The van der Waals surface area contributed by atoms with Gasteiger partial charge in [-0.05, 0) is 93.2 Å². The summed E-state index contributed by atoms with van der Waals surface area (Å²) < 4.78 is 0. The van der Waals surface area contributed by atoms with Crippen molar-refractivity contribution in [3.8, 4) is 0 Å². The van der Waals surface area contributed by atoms with Gasteiger partial charge in [0.2, 0.25) is 0 Å². The maximum absolute atomic E-state index is 4.71. The van der Waals surface area contributed by atoms with Crippen LogP contribution in [0.2, 0.25) is 0 Å². The van der Waals surface area contributed by atoms with Crippen LogP contribution in [0.15, 0.2) is 41.2 Å². The summed E-state index contributed by atoms with van der Waals surface area (Å²) >= 11 is 0. The minimum atomic E-state index is 0.607. The lowest BCUT2D eigenvalue weighted by atomic mass is 9.83. The molecule has 2 aliphatic carbocycles. The van der Waals surface area contributed by atoms with Gasteiger partial charge in [-0.1, -0.05) is 38.3 Å². The molecule has 0 radical (unpaired) electrons. The highest BCUT2D eigenvalue weighted by molar-refractivity contribution is 5.39. The van der Waals surface area contributed by atoms with Crippen LogP contribution in [-0.4, -0.2) is 24.1 Å². The number of anilines is 1. The second kappa shape index (κ2) is 11.0. The van der Waals surface area contributed by atoms with Gasteiger partial charge in [-0.3, -0.25) is 0 Å². The van der Waals surface area contributed by atoms with Crippen LogP contribution < -0.4 is 16.0 Å². The summed E-state index contributed by atoms with van der Waals surface area (Å²) in [5.74, 6) is 1.76. The SMILES string of the molecule is CCC1=CCCCC2CCNCCC2=C1NCc1ccc(NC2CCCCC2)nc1. The summed E-state index contributed by atoms with van der Waals surface area (Å²) in [6.07, 6.45) is 18.6. The van der Waals surface area contributed by atoms with E-state index in [0.717, 1.165) is 37.8 Å². The number of fused-ring (bicyclic) bond motifs is 1. The Balaban J connectivity index is 1.44. The van der Waals surface area contributed by atoms with Crippen LogP contribution in [0.25, 0.3) is 0 Å². The molecular weight excluding hydrogens is 368 g/mol. The normalized spacial score (nSPS) is 23.6. The van der Waals surface area contributed by atoms with Crippen molar-refractivity contribution >= 4 is 5.82 Å². The highest BCUT2D eigenvalue weighted by atomic mass is 15.0. The highest BCUT2D eigenvalue weighted by Gasteiger charge is 2.23. The molecule has 4 heteroatoms. The molecule has 4 rings (SSSR count). The summed E-state index contributed by atoms with van der Waals surface area (Å²) in [7, 11) is 0. The zero-order valence-corrected chi connectivity index (χ0v) is 18.8. The Morgan fingerprint density at radius 1 is 1.03 bits per heavy atom. The smallest absolute Gasteiger partial charge is 0.126 e. The van der Waals surface area contributed by atoms with Gasteiger partial charge in [0.05, 0.1) is 0 Å². The molecule has 1 saturated carbocycles. The molecule has 2 heterocycles. The first-order chi connectivity index (χ1) is 14.8. The van der Waals surface area contributed by atoms with Crippen molar-refractivity contribution in [2.75, 3.05) is 18.4 Å². The number of aromatic nitrogens is 1. The van der Waals surface area contributed by atoms with Gasteiger partial charge in [-0.25, -0.2) is 4.98 Å². The summed E-state index contributed by atoms with van der Waals surface area (Å²) in [6.45, 7) is 5.42. The Bertz CT molecular complexity index is 726. The van der Waals surface area contributed by atoms with Gasteiger partial charge >= 0.3 is 0 Å². The molecule has 1 unspecified atom stereocenters. The Hall–Kier alpha value is -1.81. The molecule has 1 aliphatic heterocycles. The molecule has 0 spiro atoms. The van der Waals surface area contributed by atoms with E-state index in [2.05, 4.69) is 41.1 Å². The van der Waals surface area contributed by atoms with Gasteiger partial charge in [0, 0.05) is 24.5 Å². The van der Waals surface area contributed by atoms with E-state index in [1.807, 2.05) is 6.20 Å². The molecular formula is C26H40N4. The summed E-state index contributed by atoms with van der Waals surface area (Å²) in [5.41, 5.74) is 5.88. The van der Waals surface area contributed by atoms with Gasteiger partial charge < -0.3 is 16.0 Å². The van der Waals surface area contributed by atoms with Crippen LogP contribution in [0.5, 0.6) is 0 Å². The molecule has 1 aromatic heterocycles. The minimum Gasteiger partial charge on any atom is -0.381 e. The topological polar surface area (TPSA) is 49.0 Å². The maximum Gasteiger partial charge on any atom is 0.126 e. The number of nitrogens with one attached hydrogen (secondary N) is 3. The van der Waals surface area contributed by atoms with E-state index in [4.69, 9.17) is 4.98 Å². The predicted octanol–water partition coefficient (Wildman–Crippen LogP) is 5.69. The van der Waals surface area contributed by atoms with Crippen molar-refractivity contribution in [1.82, 2.24) is 15.6 Å². The lowest BCUT2D eigenvalue weighted by Crippen LogP contribution is -2.23. The van der Waals surface area contributed by atoms with Gasteiger partial charge in [0.15, 0.2) is 0 Å². The third-order valence-electron chi connectivity index (χ3n) is 7.16. The van der Waals surface area contributed by atoms with Gasteiger partial charge in [0.1, 0.15) is 5.82 Å². The molecule has 1 saturated heterocycles. The van der Waals surface area contributed by atoms with Gasteiger partial charge in [0.25, 0.3) is 0 Å². The van der Waals surface area contributed by atoms with Crippen molar-refractivity contribution in [1.29, 1.82) is 0 Å². The largest absolute Gasteiger partial charge is 0.381 e. The second-order valence-electron chi connectivity index (χ2n) is 9.28. The van der Waals surface area contributed by atoms with Crippen LogP contribution in [0.4, 0.5) is 5.82 Å². The molecule has 4 nitrogen and oxygen atoms in total. The molecule has 3 N–H and O–H groups in total. The summed E-state index contributed by atoms with van der Waals surface area (Å²) in [5, 5.41) is 11.1. The van der Waals surface area contributed by atoms with E-state index in [1.54, 1.807) is 5.57 Å². The first-order valence-electron chi connectivity index (χ1n) is 12.4. The van der Waals surface area contributed by atoms with Crippen molar-refractivity contribution in [2.24, 2.45) is 5.92 Å². The van der Waals surface area contributed by atoms with Crippen LogP contribution in [0, 0.1) is 5.92 Å². The number of hydrogen-bond acceptors (Lipinski definition) is 4. The molecule has 30 heavy (non-hydrogen) atoms. The van der Waals surface area contributed by atoms with Crippen molar-refractivity contribution in [3.63, 3.8) is 0 Å². The highest BCUT2D eigenvalue weighted by Crippen LogP contribution is 2.33. The van der Waals surface area contributed by atoms with E-state index in [0.29, 0.717) is 6.04 Å². The van der Waals surface area contributed by atoms with Gasteiger partial charge in [-0.2, -0.15) is 0 Å². The summed E-state index contributed by atoms with van der Waals surface area (Å²) in [4.78, 5) is 4.71. The fourth-order valence-electron chi connectivity index (χ4n) is 5.41. The molecule has 0 aromatic carbocycles. The van der Waals surface area contributed by atoms with Gasteiger partial charge in [-0.15, -0.1) is 0 Å². The van der Waals surface area contributed by atoms with Crippen LogP contribution in [-0.2, 0) is 6.54 Å². The molecule has 164 valence electrons. The molecule has 1 aromatic rings. The van der Waals surface area contributed by atoms with Crippen LogP contribution >= 0.6 is 0 Å². The molecule has 1 atom stereocenters. The second-order valence-corrected chi connectivity index (χ2v) is 9.28. The fourth-order valence-corrected chi connectivity index (χ4v) is 5.41. The number of allylic oxidation sites excluding steroid dienone is 2. The first-order valence-corrected chi connectivity index (χ1v) is 12.4. The van der Waals surface area contributed by atoms with Crippen molar-refractivity contribution in [3.05, 3.63) is 46.8 Å². The monoisotopic (exact) mass is 408 g/mol. The Labute approximate surface area is 183 Å². The Morgan fingerprint density at radius 2 is 1.93 bits per heavy atom. The molecule has 0 amide bonds. The average molecular weight is 409 g/mol. The van der Waals surface area contributed by atoms with Crippen molar-refractivity contribution in [2.45, 2.75) is 90.1 Å². The first kappa shape index (κ1) is 21.4. The third kappa shape index (κ3) is 5.66. The van der Waals surface area contributed by atoms with E-state index in [-0.39, 0.29) is 0 Å². The number of nitrogens with zero attached hydrogens (tertiary/aromatic N) is 1. The zero-order valence-electron chi connectivity index (χ0n) is 18.8. The van der Waals surface area contributed by atoms with Crippen LogP contribution in [0.1, 0.15) is 83.1 Å². The summed E-state index contributed by atoms with van der Waals surface area (Å²) in [6, 6.07) is 5.01. The van der Waals surface area contributed by atoms with E-state index < -0.39 is 0 Å². The Morgan fingerprint density at radius 3 is 2.73 bits per heavy atom. The number of rotatable bonds is 6. The van der Waals surface area contributed by atoms with E-state index in [1.165, 1.54) is 81.0 Å². The average Bonchev–Trinajstić information content (AvgIpc) is 3.00. The fraction of sp³-hybridized carbons (Fsp3) is 0.654. The number of hydrogen-bond donors (Lipinski definition) is 3. The molecule has 0 bridgehead atoms. The molecule has 2 fully saturated rings. The van der Waals surface area contributed by atoms with E-state index in [9.17, 15) is 0 Å². The quantitative estimate of drug-likeness (QED) is 0.566. The minimum absolute atomic E-state index is 0.607. The number of pyridine rings is 1. The lowest BCUT2D eigenvalue weighted by molar-refractivity contribution is 0.462.